The van der Waals surface area contributed by atoms with Crippen LogP contribution in [0.3, 0.4) is 0 Å². The number of anilines is 2. The van der Waals surface area contributed by atoms with E-state index in [1.165, 1.54) is 12.1 Å². The van der Waals surface area contributed by atoms with E-state index in [1.807, 2.05) is 17.0 Å². The Kier molecular flexibility index (Phi) is 5.71. The Balaban J connectivity index is 1.60. The molecule has 6 heteroatoms. The van der Waals surface area contributed by atoms with Crippen LogP contribution in [-0.2, 0) is 0 Å². The molecule has 5 nitrogen and oxygen atoms in total. The topological polar surface area (TPSA) is 39.7 Å². The molecular formula is C20H25FN4O. The van der Waals surface area contributed by atoms with E-state index < -0.39 is 0 Å². The smallest absolute Gasteiger partial charge is 0.272 e. The summed E-state index contributed by atoms with van der Waals surface area (Å²) in [6.07, 6.45) is 1.77. The number of rotatable bonds is 5. The maximum Gasteiger partial charge on any atom is 0.272 e. The van der Waals surface area contributed by atoms with Gasteiger partial charge in [0.15, 0.2) is 0 Å². The van der Waals surface area contributed by atoms with E-state index in [-0.39, 0.29) is 11.7 Å². The third-order valence-electron chi connectivity index (χ3n) is 4.85. The van der Waals surface area contributed by atoms with Crippen LogP contribution >= 0.6 is 0 Å². The molecule has 2 aromatic rings. The molecule has 1 aliphatic heterocycles. The number of aromatic nitrogens is 1. The van der Waals surface area contributed by atoms with Gasteiger partial charge < -0.3 is 14.7 Å². The van der Waals surface area contributed by atoms with Crippen molar-refractivity contribution in [1.29, 1.82) is 0 Å². The molecule has 0 radical (unpaired) electrons. The first kappa shape index (κ1) is 18.2. The summed E-state index contributed by atoms with van der Waals surface area (Å²) in [5.41, 5.74) is 2.50. The number of pyridine rings is 1. The zero-order valence-electron chi connectivity index (χ0n) is 15.4. The van der Waals surface area contributed by atoms with Crippen molar-refractivity contribution < 1.29 is 9.18 Å². The Morgan fingerprint density at radius 1 is 1.04 bits per heavy atom. The van der Waals surface area contributed by atoms with Crippen LogP contribution in [0.15, 0.2) is 42.6 Å². The zero-order valence-corrected chi connectivity index (χ0v) is 15.4. The third kappa shape index (κ3) is 3.95. The molecule has 3 rings (SSSR count). The first-order valence-corrected chi connectivity index (χ1v) is 9.13. The van der Waals surface area contributed by atoms with Gasteiger partial charge in [0.25, 0.3) is 5.91 Å². The lowest BCUT2D eigenvalue weighted by Gasteiger charge is -2.36. The van der Waals surface area contributed by atoms with Crippen LogP contribution in [0.2, 0.25) is 0 Å². The maximum atomic E-state index is 13.1. The molecule has 0 atom stereocenters. The molecule has 1 aromatic heterocycles. The van der Waals surface area contributed by atoms with Crippen LogP contribution in [0.4, 0.5) is 15.8 Å². The standard InChI is InChI=1S/C20H25FN4O/c1-3-23(4-2)18-9-10-19(22-15-18)20(26)25-13-11-24(12-14-25)17-7-5-16(21)6-8-17/h5-10,15H,3-4,11-14H2,1-2H3. The molecule has 2 heterocycles. The van der Waals surface area contributed by atoms with Crippen LogP contribution in [0, 0.1) is 5.82 Å². The molecule has 0 spiro atoms. The van der Waals surface area contributed by atoms with E-state index in [0.29, 0.717) is 18.8 Å². The fourth-order valence-corrected chi connectivity index (χ4v) is 3.27. The highest BCUT2D eigenvalue weighted by Crippen LogP contribution is 2.18. The second-order valence-electron chi connectivity index (χ2n) is 6.33. The Labute approximate surface area is 154 Å². The summed E-state index contributed by atoms with van der Waals surface area (Å²) in [5, 5.41) is 0. The van der Waals surface area contributed by atoms with Crippen LogP contribution in [0.5, 0.6) is 0 Å². The molecule has 26 heavy (non-hydrogen) atoms. The fraction of sp³-hybridized carbons (Fsp3) is 0.400. The summed E-state index contributed by atoms with van der Waals surface area (Å²) in [5.74, 6) is -0.267. The van der Waals surface area contributed by atoms with Crippen LogP contribution in [0.1, 0.15) is 24.3 Å². The number of hydrogen-bond acceptors (Lipinski definition) is 4. The average Bonchev–Trinajstić information content (AvgIpc) is 2.70. The number of halogens is 1. The number of carbonyl (C=O) groups excluding carboxylic acids is 1. The molecule has 1 fully saturated rings. The number of piperazine rings is 1. The van der Waals surface area contributed by atoms with E-state index in [9.17, 15) is 9.18 Å². The summed E-state index contributed by atoms with van der Waals surface area (Å²) in [6, 6.07) is 10.3. The van der Waals surface area contributed by atoms with Gasteiger partial charge in [-0.3, -0.25) is 4.79 Å². The van der Waals surface area contributed by atoms with Gasteiger partial charge in [-0.25, -0.2) is 9.37 Å². The van der Waals surface area contributed by atoms with E-state index in [4.69, 9.17) is 0 Å². The predicted molar refractivity (Wildman–Crippen MR) is 102 cm³/mol. The van der Waals surface area contributed by atoms with Crippen molar-refractivity contribution in [3.05, 3.63) is 54.1 Å². The number of benzene rings is 1. The van der Waals surface area contributed by atoms with Crippen molar-refractivity contribution in [3.63, 3.8) is 0 Å². The second-order valence-corrected chi connectivity index (χ2v) is 6.33. The minimum atomic E-state index is -0.234. The average molecular weight is 356 g/mol. The normalized spacial score (nSPS) is 14.4. The molecule has 1 aliphatic rings. The maximum absolute atomic E-state index is 13.1. The first-order chi connectivity index (χ1) is 12.6. The zero-order chi connectivity index (χ0) is 18.5. The molecule has 0 bridgehead atoms. The van der Waals surface area contributed by atoms with Crippen molar-refractivity contribution >= 4 is 17.3 Å². The molecule has 0 aliphatic carbocycles. The van der Waals surface area contributed by atoms with Gasteiger partial charge in [0.1, 0.15) is 11.5 Å². The molecular weight excluding hydrogens is 331 g/mol. The van der Waals surface area contributed by atoms with Crippen molar-refractivity contribution in [1.82, 2.24) is 9.88 Å². The van der Waals surface area contributed by atoms with Gasteiger partial charge in [0, 0.05) is 45.0 Å². The minimum Gasteiger partial charge on any atom is -0.371 e. The van der Waals surface area contributed by atoms with Crippen LogP contribution in [-0.4, -0.2) is 55.1 Å². The molecule has 0 N–H and O–H groups in total. The third-order valence-corrected chi connectivity index (χ3v) is 4.85. The number of amides is 1. The molecule has 1 amide bonds. The quantitative estimate of drug-likeness (QED) is 0.826. The van der Waals surface area contributed by atoms with Gasteiger partial charge in [-0.15, -0.1) is 0 Å². The Bertz CT molecular complexity index is 720. The monoisotopic (exact) mass is 356 g/mol. The highest BCUT2D eigenvalue weighted by atomic mass is 19.1. The fourth-order valence-electron chi connectivity index (χ4n) is 3.27. The lowest BCUT2D eigenvalue weighted by atomic mass is 10.2. The summed E-state index contributed by atoms with van der Waals surface area (Å²) in [6.45, 7) is 8.76. The number of carbonyl (C=O) groups is 1. The Hall–Kier alpha value is -2.63. The summed E-state index contributed by atoms with van der Waals surface area (Å²) in [7, 11) is 0. The molecule has 1 aromatic carbocycles. The van der Waals surface area contributed by atoms with E-state index in [0.717, 1.165) is 37.6 Å². The number of nitrogens with zero attached hydrogens (tertiary/aromatic N) is 4. The lowest BCUT2D eigenvalue weighted by Crippen LogP contribution is -2.49. The van der Waals surface area contributed by atoms with Crippen molar-refractivity contribution in [2.75, 3.05) is 49.1 Å². The van der Waals surface area contributed by atoms with Crippen molar-refractivity contribution in [2.24, 2.45) is 0 Å². The van der Waals surface area contributed by atoms with Crippen molar-refractivity contribution in [2.45, 2.75) is 13.8 Å². The van der Waals surface area contributed by atoms with Gasteiger partial charge in [-0.1, -0.05) is 0 Å². The minimum absolute atomic E-state index is 0.0325. The first-order valence-electron chi connectivity index (χ1n) is 9.13. The van der Waals surface area contributed by atoms with Crippen LogP contribution < -0.4 is 9.80 Å². The Morgan fingerprint density at radius 2 is 1.69 bits per heavy atom. The van der Waals surface area contributed by atoms with E-state index in [1.54, 1.807) is 18.3 Å². The summed E-state index contributed by atoms with van der Waals surface area (Å²) < 4.78 is 13.1. The highest BCUT2D eigenvalue weighted by molar-refractivity contribution is 5.92. The van der Waals surface area contributed by atoms with Gasteiger partial charge in [0.05, 0.1) is 11.9 Å². The van der Waals surface area contributed by atoms with Gasteiger partial charge in [-0.2, -0.15) is 0 Å². The largest absolute Gasteiger partial charge is 0.371 e. The molecule has 138 valence electrons. The number of hydrogen-bond donors (Lipinski definition) is 0. The lowest BCUT2D eigenvalue weighted by molar-refractivity contribution is 0.0741. The van der Waals surface area contributed by atoms with Gasteiger partial charge in [-0.05, 0) is 50.2 Å². The molecule has 0 unspecified atom stereocenters. The SMILES string of the molecule is CCN(CC)c1ccc(C(=O)N2CCN(c3ccc(F)cc3)CC2)nc1. The highest BCUT2D eigenvalue weighted by Gasteiger charge is 2.23. The molecule has 0 saturated carbocycles. The van der Waals surface area contributed by atoms with Crippen LogP contribution in [0.25, 0.3) is 0 Å². The molecule has 1 saturated heterocycles. The van der Waals surface area contributed by atoms with Gasteiger partial charge >= 0.3 is 0 Å². The van der Waals surface area contributed by atoms with E-state index >= 15 is 0 Å². The predicted octanol–water partition coefficient (Wildman–Crippen LogP) is 3.03. The Morgan fingerprint density at radius 3 is 2.23 bits per heavy atom. The summed E-state index contributed by atoms with van der Waals surface area (Å²) in [4.78, 5) is 23.3. The van der Waals surface area contributed by atoms with Crippen molar-refractivity contribution in [3.8, 4) is 0 Å². The van der Waals surface area contributed by atoms with E-state index in [2.05, 4.69) is 28.6 Å². The second kappa shape index (κ2) is 8.17. The van der Waals surface area contributed by atoms with Gasteiger partial charge in [0.2, 0.25) is 0 Å². The summed E-state index contributed by atoms with van der Waals surface area (Å²) >= 11 is 0.